The molecule has 3 aromatic rings. The molecule has 0 spiro atoms. The van der Waals surface area contributed by atoms with Crippen molar-refractivity contribution in [1.82, 2.24) is 26.0 Å². The van der Waals surface area contributed by atoms with Gasteiger partial charge in [0.05, 0.1) is 18.8 Å². The molecule has 51 heavy (non-hydrogen) atoms. The average molecular weight is 697 g/mol. The lowest BCUT2D eigenvalue weighted by Gasteiger charge is -2.62. The molecule has 10 heteroatoms. The fraction of sp³-hybridized carbons (Fsp3) is 0.537. The molecular formula is C41H56N6O4. The Morgan fingerprint density at radius 1 is 1.12 bits per heavy atom. The molecule has 2 heterocycles. The van der Waals surface area contributed by atoms with Gasteiger partial charge in [-0.1, -0.05) is 39.0 Å². The highest BCUT2D eigenvalue weighted by atomic mass is 16.7. The number of carbonyl (C=O) groups is 2. The van der Waals surface area contributed by atoms with E-state index in [9.17, 15) is 14.7 Å². The summed E-state index contributed by atoms with van der Waals surface area (Å²) in [5.74, 6) is 0.901. The molecule has 1 aliphatic heterocycles. The zero-order chi connectivity index (χ0) is 36.6. The van der Waals surface area contributed by atoms with Gasteiger partial charge >= 0.3 is 0 Å². The van der Waals surface area contributed by atoms with E-state index in [4.69, 9.17) is 4.84 Å². The molecule has 4 N–H and O–H groups in total. The summed E-state index contributed by atoms with van der Waals surface area (Å²) in [7, 11) is 5.56. The van der Waals surface area contributed by atoms with Gasteiger partial charge in [-0.3, -0.25) is 19.4 Å². The van der Waals surface area contributed by atoms with Crippen LogP contribution in [0.25, 0.3) is 11.1 Å². The lowest BCUT2D eigenvalue weighted by Crippen LogP contribution is -2.62. The maximum atomic E-state index is 14.5. The van der Waals surface area contributed by atoms with Crippen molar-refractivity contribution < 1.29 is 19.5 Å². The van der Waals surface area contributed by atoms with Crippen LogP contribution in [0.4, 0.5) is 5.69 Å². The molecule has 8 atom stereocenters. The Morgan fingerprint density at radius 3 is 2.51 bits per heavy atom. The topological polar surface area (TPSA) is 119 Å². The third kappa shape index (κ3) is 7.42. The van der Waals surface area contributed by atoms with Gasteiger partial charge in [0.1, 0.15) is 6.04 Å². The number of rotatable bonds is 12. The molecule has 2 aromatic carbocycles. The highest BCUT2D eigenvalue weighted by Crippen LogP contribution is 2.61. The van der Waals surface area contributed by atoms with Gasteiger partial charge in [-0.05, 0) is 108 Å². The van der Waals surface area contributed by atoms with Gasteiger partial charge in [-0.25, -0.2) is 0 Å². The first-order chi connectivity index (χ1) is 24.3. The third-order valence-corrected chi connectivity index (χ3v) is 12.3. The zero-order valence-electron chi connectivity index (χ0n) is 31.4. The number of hydroxylamine groups is 2. The fourth-order valence-corrected chi connectivity index (χ4v) is 9.00. The fourth-order valence-electron chi connectivity index (χ4n) is 9.00. The second kappa shape index (κ2) is 15.0. The number of hydrogen-bond donors (Lipinski definition) is 4. The van der Waals surface area contributed by atoms with Crippen molar-refractivity contribution in [2.75, 3.05) is 32.6 Å². The molecule has 2 amide bonds. The third-order valence-electron chi connectivity index (χ3n) is 12.3. The molecule has 0 unspecified atom stereocenters. The summed E-state index contributed by atoms with van der Waals surface area (Å²) in [6.07, 6.45) is 4.55. The van der Waals surface area contributed by atoms with Crippen molar-refractivity contribution in [1.29, 1.82) is 0 Å². The van der Waals surface area contributed by atoms with Crippen LogP contribution in [-0.2, 0) is 22.7 Å². The minimum Gasteiger partial charge on any atom is -0.393 e. The molecule has 2 bridgehead atoms. The van der Waals surface area contributed by atoms with Gasteiger partial charge in [0.15, 0.2) is 0 Å². The van der Waals surface area contributed by atoms with Crippen LogP contribution in [0.3, 0.4) is 0 Å². The molecule has 1 aromatic heterocycles. The van der Waals surface area contributed by atoms with Crippen molar-refractivity contribution in [2.45, 2.75) is 84.8 Å². The Labute approximate surface area is 303 Å². The molecule has 3 saturated carbocycles. The number of hydrogen-bond acceptors (Lipinski definition) is 8. The normalized spacial score (nSPS) is 27.4. The van der Waals surface area contributed by atoms with Gasteiger partial charge < -0.3 is 26.0 Å². The van der Waals surface area contributed by atoms with Crippen molar-refractivity contribution in [3.8, 4) is 11.1 Å². The standard InChI is InChI=1S/C41H56N6O4/c1-24-28(10-9-11-33(24)29-16-30(39(49)42-6)18-32(17-29)46(7)8)23-47-38(40(50)45-35-20-31-19-34(25(35)2)41(31,4)5)37(26(3)48)36(51-47)22-44-21-27-12-14-43-15-13-27/h9-18,25-26,31,34-38,44,48H,19-23H2,1-8H3,(H,42,49)(H,45,50)/t25-,26-,31-,34+,35-,36-,37+,38-/m0/s1. The number of nitrogens with zero attached hydrogens (tertiary/aromatic N) is 3. The second-order valence-electron chi connectivity index (χ2n) is 15.9. The van der Waals surface area contributed by atoms with E-state index in [2.05, 4.69) is 66.8 Å². The number of aliphatic hydroxyl groups is 1. The van der Waals surface area contributed by atoms with Crippen LogP contribution < -0.4 is 20.9 Å². The Morgan fingerprint density at radius 2 is 1.86 bits per heavy atom. The van der Waals surface area contributed by atoms with Gasteiger partial charge in [0, 0.05) is 69.8 Å². The summed E-state index contributed by atoms with van der Waals surface area (Å²) >= 11 is 0. The first-order valence-corrected chi connectivity index (χ1v) is 18.4. The number of aliphatic hydroxyl groups excluding tert-OH is 1. The van der Waals surface area contributed by atoms with Crippen LogP contribution in [-0.4, -0.2) is 78.9 Å². The summed E-state index contributed by atoms with van der Waals surface area (Å²) < 4.78 is 0. The molecule has 4 fully saturated rings. The van der Waals surface area contributed by atoms with Gasteiger partial charge in [0.25, 0.3) is 5.91 Å². The smallest absolute Gasteiger partial charge is 0.251 e. The molecular weight excluding hydrogens is 640 g/mol. The van der Waals surface area contributed by atoms with Crippen molar-refractivity contribution in [3.05, 3.63) is 83.2 Å². The number of fused-ring (bicyclic) bond motifs is 2. The lowest BCUT2D eigenvalue weighted by molar-refractivity contribution is -0.176. The van der Waals surface area contributed by atoms with E-state index in [1.165, 1.54) is 6.42 Å². The van der Waals surface area contributed by atoms with Gasteiger partial charge in [-0.15, -0.1) is 0 Å². The number of nitrogens with one attached hydrogen (secondary N) is 3. The Balaban J connectivity index is 1.29. The summed E-state index contributed by atoms with van der Waals surface area (Å²) in [6, 6.07) is 15.4. The lowest BCUT2D eigenvalue weighted by atomic mass is 9.45. The van der Waals surface area contributed by atoms with Crippen LogP contribution in [0, 0.1) is 36.0 Å². The summed E-state index contributed by atoms with van der Waals surface area (Å²) in [5.41, 5.74) is 6.90. The van der Waals surface area contributed by atoms with Crippen molar-refractivity contribution in [2.24, 2.45) is 29.1 Å². The van der Waals surface area contributed by atoms with Gasteiger partial charge in [-0.2, -0.15) is 5.06 Å². The van der Waals surface area contributed by atoms with E-state index >= 15 is 0 Å². The summed E-state index contributed by atoms with van der Waals surface area (Å²) in [5, 5.41) is 22.8. The molecule has 7 rings (SSSR count). The predicted octanol–water partition coefficient (Wildman–Crippen LogP) is 4.94. The zero-order valence-corrected chi connectivity index (χ0v) is 31.4. The van der Waals surface area contributed by atoms with Crippen LogP contribution in [0.2, 0.25) is 0 Å². The quantitative estimate of drug-likeness (QED) is 0.211. The molecule has 1 saturated heterocycles. The van der Waals surface area contributed by atoms with Crippen LogP contribution in [0.1, 0.15) is 67.6 Å². The largest absolute Gasteiger partial charge is 0.393 e. The highest BCUT2D eigenvalue weighted by Gasteiger charge is 2.57. The Kier molecular flexibility index (Phi) is 10.9. The minimum absolute atomic E-state index is 0.0869. The van der Waals surface area contributed by atoms with E-state index < -0.39 is 24.2 Å². The number of carbonyl (C=O) groups excluding carboxylic acids is 2. The van der Waals surface area contributed by atoms with Crippen molar-refractivity contribution in [3.63, 3.8) is 0 Å². The number of amides is 2. The average Bonchev–Trinajstić information content (AvgIpc) is 3.47. The number of anilines is 1. The van der Waals surface area contributed by atoms with Crippen LogP contribution in [0.15, 0.2) is 60.9 Å². The monoisotopic (exact) mass is 696 g/mol. The first-order valence-electron chi connectivity index (χ1n) is 18.4. The molecule has 0 radical (unpaired) electrons. The van der Waals surface area contributed by atoms with E-state index in [0.29, 0.717) is 48.4 Å². The molecule has 274 valence electrons. The predicted molar refractivity (Wildman–Crippen MR) is 201 cm³/mol. The number of pyridine rings is 1. The maximum absolute atomic E-state index is 14.5. The molecule has 10 nitrogen and oxygen atoms in total. The van der Waals surface area contributed by atoms with Gasteiger partial charge in [0.2, 0.25) is 5.91 Å². The van der Waals surface area contributed by atoms with E-state index in [0.717, 1.165) is 39.9 Å². The number of aromatic nitrogens is 1. The molecule has 4 aliphatic rings. The minimum atomic E-state index is -0.779. The van der Waals surface area contributed by atoms with E-state index in [-0.39, 0.29) is 17.9 Å². The van der Waals surface area contributed by atoms with Crippen LogP contribution in [0.5, 0.6) is 0 Å². The highest BCUT2D eigenvalue weighted by molar-refractivity contribution is 5.96. The summed E-state index contributed by atoms with van der Waals surface area (Å²) in [4.78, 5) is 40.0. The summed E-state index contributed by atoms with van der Waals surface area (Å²) in [6.45, 7) is 12.3. The Hall–Kier alpha value is -3.83. The SMILES string of the molecule is CNC(=O)c1cc(-c2cccc(CN3O[C@@H](CNCc4ccncc4)[C@@H]([C@H](C)O)[C@H]3C(=O)N[C@H]3C[C@@H]4C[C@H]([C@@H]3C)C4(C)C)c2C)cc(N(C)C)c1. The van der Waals surface area contributed by atoms with Crippen LogP contribution >= 0.6 is 0 Å². The van der Waals surface area contributed by atoms with Crippen molar-refractivity contribution >= 4 is 17.5 Å². The Bertz CT molecular complexity index is 1710. The van der Waals surface area contributed by atoms with E-state index in [1.54, 1.807) is 26.4 Å². The first kappa shape index (κ1) is 36.9. The number of benzene rings is 2. The molecule has 3 aliphatic carbocycles. The second-order valence-corrected chi connectivity index (χ2v) is 15.9. The maximum Gasteiger partial charge on any atom is 0.251 e. The van der Waals surface area contributed by atoms with E-state index in [1.807, 2.05) is 54.4 Å².